The van der Waals surface area contributed by atoms with E-state index in [1.54, 1.807) is 40.5 Å². The molecule has 2 aromatic rings. The van der Waals surface area contributed by atoms with E-state index in [0.29, 0.717) is 17.9 Å². The Bertz CT molecular complexity index is 738. The van der Waals surface area contributed by atoms with Gasteiger partial charge >= 0.3 is 6.03 Å². The lowest BCUT2D eigenvalue weighted by molar-refractivity contribution is -0.120. The molecule has 1 aromatic heterocycles. The minimum Gasteiger partial charge on any atom is -0.399 e. The Hall–Kier alpha value is -2.34. The minimum atomic E-state index is -0.468. The molecule has 1 saturated heterocycles. The Kier molecular flexibility index (Phi) is 2.56. The van der Waals surface area contributed by atoms with Crippen molar-refractivity contribution in [2.45, 2.75) is 12.5 Å². The standard InChI is InChI=1S/C15H13N3O2S/c16-9-1-3-10(4-2-9)18-14(19)13-11-6-8-21-12(11)5-7-17(13)15(18)20/h1-4,6,8,13H,5,7,16H2. The number of rotatable bonds is 1. The zero-order chi connectivity index (χ0) is 14.6. The van der Waals surface area contributed by atoms with Crippen LogP contribution in [0.3, 0.4) is 0 Å². The smallest absolute Gasteiger partial charge is 0.332 e. The monoisotopic (exact) mass is 299 g/mol. The molecule has 1 atom stereocenters. The van der Waals surface area contributed by atoms with Crippen LogP contribution in [0.1, 0.15) is 16.5 Å². The van der Waals surface area contributed by atoms with Gasteiger partial charge in [0.15, 0.2) is 0 Å². The number of nitrogens with two attached hydrogens (primary N) is 1. The number of carbonyl (C=O) groups excluding carboxylic acids is 2. The number of thiophene rings is 1. The molecule has 2 aliphatic heterocycles. The molecule has 0 bridgehead atoms. The van der Waals surface area contributed by atoms with Crippen LogP contribution in [-0.2, 0) is 11.2 Å². The van der Waals surface area contributed by atoms with Crippen molar-refractivity contribution in [1.82, 2.24) is 4.90 Å². The molecule has 106 valence electrons. The number of carbonyl (C=O) groups is 2. The summed E-state index contributed by atoms with van der Waals surface area (Å²) in [5.41, 5.74) is 7.82. The first-order valence-electron chi connectivity index (χ1n) is 6.73. The van der Waals surface area contributed by atoms with Gasteiger partial charge in [0.2, 0.25) is 0 Å². The van der Waals surface area contributed by atoms with Gasteiger partial charge in [-0.05, 0) is 47.7 Å². The Morgan fingerprint density at radius 3 is 2.67 bits per heavy atom. The topological polar surface area (TPSA) is 66.6 Å². The second-order valence-corrected chi connectivity index (χ2v) is 6.19. The predicted molar refractivity (Wildman–Crippen MR) is 81.2 cm³/mol. The lowest BCUT2D eigenvalue weighted by Crippen LogP contribution is -2.35. The van der Waals surface area contributed by atoms with E-state index in [9.17, 15) is 9.59 Å². The average Bonchev–Trinajstić information content (AvgIpc) is 3.04. The van der Waals surface area contributed by atoms with Crippen LogP contribution in [0.4, 0.5) is 16.2 Å². The van der Waals surface area contributed by atoms with Crippen molar-refractivity contribution in [1.29, 1.82) is 0 Å². The van der Waals surface area contributed by atoms with Gasteiger partial charge in [-0.1, -0.05) is 0 Å². The molecule has 6 heteroatoms. The molecular formula is C15H13N3O2S. The fraction of sp³-hybridized carbons (Fsp3) is 0.200. The van der Waals surface area contributed by atoms with Crippen LogP contribution < -0.4 is 10.6 Å². The van der Waals surface area contributed by atoms with Gasteiger partial charge in [-0.3, -0.25) is 4.79 Å². The first-order valence-corrected chi connectivity index (χ1v) is 7.61. The van der Waals surface area contributed by atoms with E-state index in [-0.39, 0.29) is 11.9 Å². The average molecular weight is 299 g/mol. The summed E-state index contributed by atoms with van der Waals surface area (Å²) in [4.78, 5) is 29.4. The van der Waals surface area contributed by atoms with Crippen LogP contribution in [0.2, 0.25) is 0 Å². The number of hydrogen-bond donors (Lipinski definition) is 1. The van der Waals surface area contributed by atoms with E-state index >= 15 is 0 Å². The minimum absolute atomic E-state index is 0.177. The number of fused-ring (bicyclic) bond motifs is 3. The van der Waals surface area contributed by atoms with Crippen LogP contribution in [0.5, 0.6) is 0 Å². The number of anilines is 2. The van der Waals surface area contributed by atoms with Crippen molar-refractivity contribution in [2.75, 3.05) is 17.2 Å². The summed E-state index contributed by atoms with van der Waals surface area (Å²) in [5, 5.41) is 1.98. The van der Waals surface area contributed by atoms with E-state index < -0.39 is 6.04 Å². The maximum Gasteiger partial charge on any atom is 0.332 e. The third kappa shape index (κ3) is 1.69. The van der Waals surface area contributed by atoms with Crippen molar-refractivity contribution < 1.29 is 9.59 Å². The molecule has 2 N–H and O–H groups in total. The fourth-order valence-corrected chi connectivity index (χ4v) is 3.90. The van der Waals surface area contributed by atoms with Gasteiger partial charge in [0.25, 0.3) is 5.91 Å². The number of nitrogens with zero attached hydrogens (tertiary/aromatic N) is 2. The Labute approximate surface area is 125 Å². The number of imide groups is 1. The number of benzene rings is 1. The van der Waals surface area contributed by atoms with Gasteiger partial charge in [-0.15, -0.1) is 11.3 Å². The second kappa shape index (κ2) is 4.33. The number of amides is 3. The lowest BCUT2D eigenvalue weighted by Gasteiger charge is -2.26. The van der Waals surface area contributed by atoms with E-state index in [1.165, 1.54) is 9.78 Å². The third-order valence-electron chi connectivity index (χ3n) is 4.01. The molecule has 2 aliphatic rings. The molecule has 0 radical (unpaired) electrons. The first kappa shape index (κ1) is 12.4. The van der Waals surface area contributed by atoms with Gasteiger partial charge in [0.1, 0.15) is 6.04 Å². The molecule has 3 heterocycles. The zero-order valence-corrected chi connectivity index (χ0v) is 12.0. The largest absolute Gasteiger partial charge is 0.399 e. The van der Waals surface area contributed by atoms with Crippen molar-refractivity contribution >= 4 is 34.6 Å². The van der Waals surface area contributed by atoms with Crippen molar-refractivity contribution in [3.63, 3.8) is 0 Å². The maximum absolute atomic E-state index is 12.7. The molecule has 4 rings (SSSR count). The summed E-state index contributed by atoms with van der Waals surface area (Å²) in [6.45, 7) is 0.591. The molecule has 0 aliphatic carbocycles. The molecule has 1 unspecified atom stereocenters. The third-order valence-corrected chi connectivity index (χ3v) is 5.00. The van der Waals surface area contributed by atoms with Gasteiger partial charge in [0.05, 0.1) is 5.69 Å². The van der Waals surface area contributed by atoms with E-state index in [0.717, 1.165) is 12.0 Å². The molecule has 21 heavy (non-hydrogen) atoms. The molecule has 1 aromatic carbocycles. The van der Waals surface area contributed by atoms with Crippen LogP contribution in [0, 0.1) is 0 Å². The van der Waals surface area contributed by atoms with Crippen molar-refractivity contribution in [3.8, 4) is 0 Å². The Balaban J connectivity index is 1.78. The van der Waals surface area contributed by atoms with E-state index in [4.69, 9.17) is 5.73 Å². The second-order valence-electron chi connectivity index (χ2n) is 5.19. The molecule has 3 amide bonds. The maximum atomic E-state index is 12.7. The van der Waals surface area contributed by atoms with Crippen LogP contribution >= 0.6 is 11.3 Å². The van der Waals surface area contributed by atoms with Gasteiger partial charge in [-0.2, -0.15) is 0 Å². The molecular weight excluding hydrogens is 286 g/mol. The molecule has 0 spiro atoms. The highest BCUT2D eigenvalue weighted by atomic mass is 32.1. The zero-order valence-electron chi connectivity index (χ0n) is 11.2. The Morgan fingerprint density at radius 1 is 1.14 bits per heavy atom. The summed E-state index contributed by atoms with van der Waals surface area (Å²) >= 11 is 1.65. The normalized spacial score (nSPS) is 20.7. The van der Waals surface area contributed by atoms with Gasteiger partial charge in [0, 0.05) is 17.1 Å². The van der Waals surface area contributed by atoms with Crippen LogP contribution in [-0.4, -0.2) is 23.4 Å². The fourth-order valence-electron chi connectivity index (χ4n) is 2.99. The quantitative estimate of drug-likeness (QED) is 0.649. The number of urea groups is 1. The van der Waals surface area contributed by atoms with Crippen LogP contribution in [0.15, 0.2) is 35.7 Å². The highest BCUT2D eigenvalue weighted by molar-refractivity contribution is 7.10. The lowest BCUT2D eigenvalue weighted by atomic mass is 10.0. The summed E-state index contributed by atoms with van der Waals surface area (Å²) < 4.78 is 0. The highest BCUT2D eigenvalue weighted by Gasteiger charge is 2.49. The van der Waals surface area contributed by atoms with E-state index in [1.807, 2.05) is 11.4 Å². The predicted octanol–water partition coefficient (Wildman–Crippen LogP) is 2.40. The van der Waals surface area contributed by atoms with Gasteiger partial charge in [-0.25, -0.2) is 9.69 Å². The number of nitrogen functional groups attached to an aromatic ring is 1. The summed E-state index contributed by atoms with van der Waals surface area (Å²) in [5.74, 6) is -0.177. The van der Waals surface area contributed by atoms with Crippen molar-refractivity contribution in [3.05, 3.63) is 46.2 Å². The molecule has 5 nitrogen and oxygen atoms in total. The summed E-state index contributed by atoms with van der Waals surface area (Å²) in [6.07, 6.45) is 0.818. The summed E-state index contributed by atoms with van der Waals surface area (Å²) in [7, 11) is 0. The van der Waals surface area contributed by atoms with Crippen LogP contribution in [0.25, 0.3) is 0 Å². The molecule has 1 fully saturated rings. The number of hydrogen-bond acceptors (Lipinski definition) is 4. The first-order chi connectivity index (χ1) is 10.2. The summed E-state index contributed by atoms with van der Waals surface area (Å²) in [6, 6.07) is 8.05. The highest BCUT2D eigenvalue weighted by Crippen LogP contribution is 2.40. The van der Waals surface area contributed by atoms with E-state index in [2.05, 4.69) is 0 Å². The van der Waals surface area contributed by atoms with Gasteiger partial charge < -0.3 is 10.6 Å². The Morgan fingerprint density at radius 2 is 1.90 bits per heavy atom. The molecule has 0 saturated carbocycles. The van der Waals surface area contributed by atoms with Crippen molar-refractivity contribution in [2.24, 2.45) is 0 Å². The SMILES string of the molecule is Nc1ccc(N2C(=O)C3c4ccsc4CCN3C2=O)cc1.